The van der Waals surface area contributed by atoms with Crippen LogP contribution in [-0.4, -0.2) is 13.1 Å². The zero-order valence-corrected chi connectivity index (χ0v) is 10.9. The van der Waals surface area contributed by atoms with Gasteiger partial charge in [0, 0.05) is 5.92 Å². The SMILES string of the molecule is N#CCNCCC(c1ccccc1)c1ccccc1. The van der Waals surface area contributed by atoms with Crippen LogP contribution in [0.3, 0.4) is 0 Å². The summed E-state index contributed by atoms with van der Waals surface area (Å²) in [5.41, 5.74) is 2.65. The number of hydrogen-bond acceptors (Lipinski definition) is 2. The molecule has 2 rings (SSSR count). The van der Waals surface area contributed by atoms with Gasteiger partial charge in [0.15, 0.2) is 0 Å². The van der Waals surface area contributed by atoms with E-state index in [1.165, 1.54) is 11.1 Å². The van der Waals surface area contributed by atoms with Crippen molar-refractivity contribution in [2.75, 3.05) is 13.1 Å². The quantitative estimate of drug-likeness (QED) is 0.630. The van der Waals surface area contributed by atoms with Crippen LogP contribution in [0.2, 0.25) is 0 Å². The van der Waals surface area contributed by atoms with Gasteiger partial charge in [-0.15, -0.1) is 0 Å². The summed E-state index contributed by atoms with van der Waals surface area (Å²) in [5, 5.41) is 11.7. The molecule has 0 unspecified atom stereocenters. The zero-order chi connectivity index (χ0) is 13.3. The van der Waals surface area contributed by atoms with Gasteiger partial charge in [-0.2, -0.15) is 5.26 Å². The molecule has 2 nitrogen and oxygen atoms in total. The fourth-order valence-corrected chi connectivity index (χ4v) is 2.29. The maximum Gasteiger partial charge on any atom is 0.0840 e. The summed E-state index contributed by atoms with van der Waals surface area (Å²) < 4.78 is 0. The first kappa shape index (κ1) is 13.3. The molecule has 0 radical (unpaired) electrons. The van der Waals surface area contributed by atoms with Gasteiger partial charge in [0.05, 0.1) is 12.6 Å². The Morgan fingerprint density at radius 1 is 0.895 bits per heavy atom. The molecule has 96 valence electrons. The molecule has 0 spiro atoms. The molecule has 2 heteroatoms. The van der Waals surface area contributed by atoms with Crippen molar-refractivity contribution in [1.29, 1.82) is 5.26 Å². The highest BCUT2D eigenvalue weighted by molar-refractivity contribution is 5.32. The van der Waals surface area contributed by atoms with Crippen LogP contribution in [0.5, 0.6) is 0 Å². The molecule has 0 aliphatic rings. The van der Waals surface area contributed by atoms with Crippen LogP contribution in [0.4, 0.5) is 0 Å². The van der Waals surface area contributed by atoms with Crippen molar-refractivity contribution in [3.8, 4) is 6.07 Å². The molecule has 0 aliphatic heterocycles. The molecular formula is C17H18N2. The minimum atomic E-state index is 0.383. The lowest BCUT2D eigenvalue weighted by Crippen LogP contribution is -2.18. The predicted molar refractivity (Wildman–Crippen MR) is 77.8 cm³/mol. The minimum absolute atomic E-state index is 0.383. The molecule has 0 fully saturated rings. The molecule has 0 amide bonds. The van der Waals surface area contributed by atoms with Gasteiger partial charge in [-0.05, 0) is 24.1 Å². The number of nitrogens with zero attached hydrogens (tertiary/aromatic N) is 1. The van der Waals surface area contributed by atoms with Crippen LogP contribution in [0.25, 0.3) is 0 Å². The van der Waals surface area contributed by atoms with Crippen LogP contribution in [0.15, 0.2) is 60.7 Å². The number of rotatable bonds is 6. The van der Waals surface area contributed by atoms with Crippen molar-refractivity contribution in [2.45, 2.75) is 12.3 Å². The van der Waals surface area contributed by atoms with E-state index in [1.54, 1.807) is 0 Å². The normalized spacial score (nSPS) is 10.3. The van der Waals surface area contributed by atoms with E-state index in [1.807, 2.05) is 12.1 Å². The number of hydrogen-bond donors (Lipinski definition) is 1. The van der Waals surface area contributed by atoms with E-state index in [4.69, 9.17) is 5.26 Å². The van der Waals surface area contributed by atoms with Crippen LogP contribution >= 0.6 is 0 Å². The van der Waals surface area contributed by atoms with E-state index in [0.29, 0.717) is 12.5 Å². The van der Waals surface area contributed by atoms with Crippen molar-refractivity contribution in [1.82, 2.24) is 5.32 Å². The first-order valence-corrected chi connectivity index (χ1v) is 6.59. The van der Waals surface area contributed by atoms with Gasteiger partial charge in [0.2, 0.25) is 0 Å². The Balaban J connectivity index is 2.13. The summed E-state index contributed by atoms with van der Waals surface area (Å²) in [7, 11) is 0. The summed E-state index contributed by atoms with van der Waals surface area (Å²) in [5.74, 6) is 0.383. The van der Waals surface area contributed by atoms with Crippen LogP contribution in [-0.2, 0) is 0 Å². The largest absolute Gasteiger partial charge is 0.304 e. The molecule has 0 bridgehead atoms. The highest BCUT2D eigenvalue weighted by Gasteiger charge is 2.12. The lowest BCUT2D eigenvalue weighted by atomic mass is 9.88. The zero-order valence-electron chi connectivity index (χ0n) is 10.9. The molecule has 0 aliphatic carbocycles. The number of nitriles is 1. The first-order chi connectivity index (χ1) is 9.42. The third kappa shape index (κ3) is 3.94. The molecule has 0 heterocycles. The Labute approximate surface area is 114 Å². The molecule has 0 saturated carbocycles. The Hall–Kier alpha value is -2.11. The summed E-state index contributed by atoms with van der Waals surface area (Å²) in [6.07, 6.45) is 0.996. The average molecular weight is 250 g/mol. The first-order valence-electron chi connectivity index (χ1n) is 6.59. The van der Waals surface area contributed by atoms with Crippen LogP contribution in [0, 0.1) is 11.3 Å². The summed E-state index contributed by atoms with van der Waals surface area (Å²) >= 11 is 0. The molecule has 0 saturated heterocycles. The van der Waals surface area contributed by atoms with Gasteiger partial charge in [-0.1, -0.05) is 60.7 Å². The predicted octanol–water partition coefficient (Wildman–Crippen LogP) is 3.32. The Kier molecular flexibility index (Phi) is 5.16. The Morgan fingerprint density at radius 2 is 1.42 bits per heavy atom. The fourth-order valence-electron chi connectivity index (χ4n) is 2.29. The maximum absolute atomic E-state index is 8.55. The lowest BCUT2D eigenvalue weighted by Gasteiger charge is -2.18. The van der Waals surface area contributed by atoms with Gasteiger partial charge in [0.1, 0.15) is 0 Å². The third-order valence-corrected chi connectivity index (χ3v) is 3.22. The third-order valence-electron chi connectivity index (χ3n) is 3.22. The van der Waals surface area contributed by atoms with Crippen molar-refractivity contribution in [3.05, 3.63) is 71.8 Å². The summed E-state index contributed by atoms with van der Waals surface area (Å²) in [6, 6.07) is 23.2. The molecule has 0 aromatic heterocycles. The van der Waals surface area contributed by atoms with E-state index in [2.05, 4.69) is 59.9 Å². The highest BCUT2D eigenvalue weighted by Crippen LogP contribution is 2.27. The van der Waals surface area contributed by atoms with Gasteiger partial charge in [-0.3, -0.25) is 0 Å². The van der Waals surface area contributed by atoms with Crippen LogP contribution in [0.1, 0.15) is 23.5 Å². The Bertz CT molecular complexity index is 474. The standard InChI is InChI=1S/C17H18N2/c18-12-14-19-13-11-17(15-7-3-1-4-8-15)16-9-5-2-6-10-16/h1-10,17,19H,11,13-14H2. The molecular weight excluding hydrogens is 232 g/mol. The topological polar surface area (TPSA) is 35.8 Å². The molecule has 0 atom stereocenters. The second-order valence-electron chi connectivity index (χ2n) is 4.50. The lowest BCUT2D eigenvalue weighted by molar-refractivity contribution is 0.643. The highest BCUT2D eigenvalue weighted by atomic mass is 14.8. The van der Waals surface area contributed by atoms with E-state index < -0.39 is 0 Å². The molecule has 2 aromatic carbocycles. The van der Waals surface area contributed by atoms with Crippen molar-refractivity contribution < 1.29 is 0 Å². The molecule has 1 N–H and O–H groups in total. The molecule has 19 heavy (non-hydrogen) atoms. The second kappa shape index (κ2) is 7.35. The van der Waals surface area contributed by atoms with Crippen molar-refractivity contribution in [3.63, 3.8) is 0 Å². The van der Waals surface area contributed by atoms with Crippen molar-refractivity contribution in [2.24, 2.45) is 0 Å². The summed E-state index contributed by atoms with van der Waals surface area (Å²) in [4.78, 5) is 0. The van der Waals surface area contributed by atoms with E-state index in [9.17, 15) is 0 Å². The van der Waals surface area contributed by atoms with Gasteiger partial charge < -0.3 is 5.32 Å². The van der Waals surface area contributed by atoms with E-state index in [-0.39, 0.29) is 0 Å². The minimum Gasteiger partial charge on any atom is -0.304 e. The average Bonchev–Trinajstić information content (AvgIpc) is 2.49. The number of benzene rings is 2. The molecule has 2 aromatic rings. The number of nitrogens with one attached hydrogen (secondary N) is 1. The van der Waals surface area contributed by atoms with Crippen molar-refractivity contribution >= 4 is 0 Å². The van der Waals surface area contributed by atoms with Gasteiger partial charge in [0.25, 0.3) is 0 Å². The fraction of sp³-hybridized carbons (Fsp3) is 0.235. The van der Waals surface area contributed by atoms with Gasteiger partial charge in [-0.25, -0.2) is 0 Å². The summed E-state index contributed by atoms with van der Waals surface area (Å²) in [6.45, 7) is 1.26. The Morgan fingerprint density at radius 3 is 1.89 bits per heavy atom. The smallest absolute Gasteiger partial charge is 0.0840 e. The van der Waals surface area contributed by atoms with E-state index >= 15 is 0 Å². The maximum atomic E-state index is 8.55. The van der Waals surface area contributed by atoms with Gasteiger partial charge >= 0.3 is 0 Å². The van der Waals surface area contributed by atoms with Crippen LogP contribution < -0.4 is 5.32 Å². The van der Waals surface area contributed by atoms with E-state index in [0.717, 1.165) is 13.0 Å². The second-order valence-corrected chi connectivity index (χ2v) is 4.50. The monoisotopic (exact) mass is 250 g/mol.